The van der Waals surface area contributed by atoms with E-state index in [1.54, 1.807) is 0 Å². The van der Waals surface area contributed by atoms with Crippen molar-refractivity contribution in [3.8, 4) is 11.1 Å². The van der Waals surface area contributed by atoms with Gasteiger partial charge in [-0.1, -0.05) is 48.5 Å². The molecule has 0 radical (unpaired) electrons. The maximum Gasteiger partial charge on any atom is 0.495 e. The number of methoxy groups -OCH3 is 1. The predicted molar refractivity (Wildman–Crippen MR) is 161 cm³/mol. The number of rotatable bonds is 6. The molecule has 5 rings (SSSR count). The van der Waals surface area contributed by atoms with Crippen LogP contribution in [0.2, 0.25) is 0 Å². The normalized spacial score (nSPS) is 16.7. The fraction of sp³-hybridized carbons (Fsp3) is 0.394. The van der Waals surface area contributed by atoms with E-state index in [0.717, 1.165) is 38.8 Å². The van der Waals surface area contributed by atoms with E-state index < -0.39 is 24.4 Å². The summed E-state index contributed by atoms with van der Waals surface area (Å²) in [7, 11) is 0.701. The molecule has 1 aliphatic carbocycles. The highest BCUT2D eigenvalue weighted by molar-refractivity contribution is 6.63. The van der Waals surface area contributed by atoms with Crippen molar-refractivity contribution in [2.45, 2.75) is 72.0 Å². The van der Waals surface area contributed by atoms with Crippen molar-refractivity contribution >= 4 is 30.3 Å². The summed E-state index contributed by atoms with van der Waals surface area (Å²) in [6.45, 7) is 14.0. The third-order valence-corrected chi connectivity index (χ3v) is 9.07. The number of nitrogens with one attached hydrogen (secondary N) is 1. The maximum absolute atomic E-state index is 13.3. The van der Waals surface area contributed by atoms with Crippen LogP contribution in [-0.2, 0) is 30.0 Å². The van der Waals surface area contributed by atoms with Gasteiger partial charge in [0.15, 0.2) is 0 Å². The van der Waals surface area contributed by atoms with Crippen molar-refractivity contribution in [3.63, 3.8) is 0 Å². The molecule has 0 spiro atoms. The van der Waals surface area contributed by atoms with Crippen LogP contribution in [0.15, 0.2) is 48.5 Å². The van der Waals surface area contributed by atoms with Gasteiger partial charge < -0.3 is 18.8 Å². The van der Waals surface area contributed by atoms with Crippen molar-refractivity contribution in [2.75, 3.05) is 19.0 Å². The molecule has 0 aromatic heterocycles. The molecule has 0 saturated carbocycles. The molecule has 0 atom stereocenters. The third kappa shape index (κ3) is 5.04. The summed E-state index contributed by atoms with van der Waals surface area (Å²) in [4.78, 5) is 25.7. The van der Waals surface area contributed by atoms with Crippen LogP contribution in [0.4, 0.5) is 10.5 Å². The lowest BCUT2D eigenvalue weighted by Gasteiger charge is -2.32. The quantitative estimate of drug-likeness (QED) is 0.297. The highest BCUT2D eigenvalue weighted by Crippen LogP contribution is 2.44. The second-order valence-electron chi connectivity index (χ2n) is 11.9. The highest BCUT2D eigenvalue weighted by atomic mass is 16.7. The first-order valence-electron chi connectivity index (χ1n) is 14.0. The number of hydrogen-bond donors (Lipinski definition) is 1. The number of carbonyl (C=O) groups excluding carboxylic acids is 2. The fourth-order valence-corrected chi connectivity index (χ4v) is 6.01. The number of amides is 1. The molecule has 1 aliphatic heterocycles. The van der Waals surface area contributed by atoms with Gasteiger partial charge in [0.05, 0.1) is 24.7 Å². The van der Waals surface area contributed by atoms with Gasteiger partial charge in [-0.25, -0.2) is 4.79 Å². The molecule has 0 bridgehead atoms. The lowest BCUT2D eigenvalue weighted by atomic mass is 9.70. The molecular weight excluding hydrogens is 517 g/mol. The highest BCUT2D eigenvalue weighted by Gasteiger charge is 2.53. The van der Waals surface area contributed by atoms with Gasteiger partial charge in [-0.2, -0.15) is 0 Å². The zero-order valence-electron chi connectivity index (χ0n) is 25.1. The van der Waals surface area contributed by atoms with Crippen molar-refractivity contribution in [1.29, 1.82) is 0 Å². The number of hydrogen-bond acceptors (Lipinski definition) is 6. The summed E-state index contributed by atoms with van der Waals surface area (Å²) in [5, 5.41) is 2.99. The van der Waals surface area contributed by atoms with Gasteiger partial charge >= 0.3 is 19.2 Å². The van der Waals surface area contributed by atoms with Crippen LogP contribution in [0.3, 0.4) is 0 Å². The molecule has 214 valence electrons. The monoisotopic (exact) mass is 555 g/mol. The van der Waals surface area contributed by atoms with E-state index in [-0.39, 0.29) is 24.9 Å². The van der Waals surface area contributed by atoms with Crippen LogP contribution in [0, 0.1) is 20.8 Å². The first-order valence-corrected chi connectivity index (χ1v) is 14.0. The van der Waals surface area contributed by atoms with Gasteiger partial charge in [0.25, 0.3) is 0 Å². The number of benzene rings is 3. The number of ether oxygens (including phenoxy) is 2. The van der Waals surface area contributed by atoms with E-state index in [1.165, 1.54) is 18.2 Å². The zero-order chi connectivity index (χ0) is 29.7. The van der Waals surface area contributed by atoms with Crippen LogP contribution in [0.1, 0.15) is 67.0 Å². The Morgan fingerprint density at radius 1 is 0.854 bits per heavy atom. The van der Waals surface area contributed by atoms with E-state index in [1.807, 2.05) is 72.7 Å². The van der Waals surface area contributed by atoms with Gasteiger partial charge in [0, 0.05) is 11.6 Å². The molecule has 1 heterocycles. The second-order valence-corrected chi connectivity index (χ2v) is 11.9. The largest absolute Gasteiger partial charge is 0.495 e. The molecule has 1 saturated heterocycles. The molecule has 3 aromatic rings. The Balaban J connectivity index is 1.45. The Labute approximate surface area is 242 Å². The second kappa shape index (κ2) is 10.7. The van der Waals surface area contributed by atoms with E-state index in [4.69, 9.17) is 18.8 Å². The number of carbonyl (C=O) groups is 2. The molecule has 1 fully saturated rings. The van der Waals surface area contributed by atoms with Gasteiger partial charge in [-0.05, 0) is 98.4 Å². The first-order chi connectivity index (χ1) is 19.4. The van der Waals surface area contributed by atoms with E-state index >= 15 is 0 Å². The Hall–Kier alpha value is -3.62. The SMILES string of the molecule is COC(=O)Cc1c(C)c(NC(=O)OCC2c3ccccc3-c3ccccc32)c(C)c(B2OC(C)(C)C(C)(C)O2)c1C. The number of anilines is 1. The number of esters is 1. The summed E-state index contributed by atoms with van der Waals surface area (Å²) < 4.78 is 23.6. The lowest BCUT2D eigenvalue weighted by molar-refractivity contribution is -0.139. The van der Waals surface area contributed by atoms with Crippen LogP contribution in [0.25, 0.3) is 11.1 Å². The minimum Gasteiger partial charge on any atom is -0.469 e. The number of fused-ring (bicyclic) bond motifs is 3. The van der Waals surface area contributed by atoms with Crippen molar-refractivity contribution in [3.05, 3.63) is 81.9 Å². The van der Waals surface area contributed by atoms with Gasteiger partial charge in [0.2, 0.25) is 0 Å². The van der Waals surface area contributed by atoms with Crippen LogP contribution >= 0.6 is 0 Å². The first kappa shape index (κ1) is 28.9. The van der Waals surface area contributed by atoms with Crippen molar-refractivity contribution in [2.24, 2.45) is 0 Å². The molecule has 7 nitrogen and oxygen atoms in total. The summed E-state index contributed by atoms with van der Waals surface area (Å²) in [5.41, 5.74) is 8.12. The molecule has 2 aliphatic rings. The average Bonchev–Trinajstić information content (AvgIpc) is 3.36. The predicted octanol–water partition coefficient (Wildman–Crippen LogP) is 5.99. The standard InChI is InChI=1S/C33H38BNO6/c1-19-26(17-28(36)38-8)20(2)30(21(3)29(19)34-40-32(4,5)33(6,7)41-34)35-31(37)39-18-27-24-15-11-9-13-22(24)23-14-10-12-16-25(23)27/h9-16,27H,17-18H2,1-8H3,(H,35,37). The molecule has 41 heavy (non-hydrogen) atoms. The topological polar surface area (TPSA) is 83.1 Å². The fourth-order valence-electron chi connectivity index (χ4n) is 6.01. The smallest absolute Gasteiger partial charge is 0.469 e. The Bertz CT molecular complexity index is 1470. The average molecular weight is 555 g/mol. The van der Waals surface area contributed by atoms with Crippen LogP contribution in [0.5, 0.6) is 0 Å². The van der Waals surface area contributed by atoms with Gasteiger partial charge in [-0.15, -0.1) is 0 Å². The van der Waals surface area contributed by atoms with Crippen molar-refractivity contribution in [1.82, 2.24) is 0 Å². The van der Waals surface area contributed by atoms with E-state index in [0.29, 0.717) is 5.69 Å². The van der Waals surface area contributed by atoms with E-state index in [9.17, 15) is 9.59 Å². The van der Waals surface area contributed by atoms with Gasteiger partial charge in [-0.3, -0.25) is 10.1 Å². The summed E-state index contributed by atoms with van der Waals surface area (Å²) in [6.07, 6.45) is -0.508. The molecule has 8 heteroatoms. The van der Waals surface area contributed by atoms with E-state index in [2.05, 4.69) is 29.6 Å². The van der Waals surface area contributed by atoms with Crippen molar-refractivity contribution < 1.29 is 28.4 Å². The molecular formula is C33H38BNO6. The minimum atomic E-state index is -0.667. The minimum absolute atomic E-state index is 0.0523. The molecule has 3 aromatic carbocycles. The third-order valence-electron chi connectivity index (χ3n) is 9.07. The maximum atomic E-state index is 13.3. The zero-order valence-corrected chi connectivity index (χ0v) is 25.1. The Morgan fingerprint density at radius 3 is 1.93 bits per heavy atom. The molecule has 1 amide bonds. The van der Waals surface area contributed by atoms with Crippen LogP contribution in [-0.4, -0.2) is 44.1 Å². The lowest BCUT2D eigenvalue weighted by Crippen LogP contribution is -2.41. The summed E-state index contributed by atoms with van der Waals surface area (Å²) in [6, 6.07) is 16.5. The Morgan fingerprint density at radius 2 is 1.39 bits per heavy atom. The molecule has 1 N–H and O–H groups in total. The molecule has 0 unspecified atom stereocenters. The Kier molecular flexibility index (Phi) is 7.51. The summed E-state index contributed by atoms with van der Waals surface area (Å²) >= 11 is 0. The van der Waals surface area contributed by atoms with Crippen LogP contribution < -0.4 is 10.8 Å². The van der Waals surface area contributed by atoms with Gasteiger partial charge in [0.1, 0.15) is 6.61 Å². The summed E-state index contributed by atoms with van der Waals surface area (Å²) in [5.74, 6) is -0.421.